The van der Waals surface area contributed by atoms with Crippen molar-refractivity contribution in [1.82, 2.24) is 15.5 Å². The van der Waals surface area contributed by atoms with Crippen LogP contribution >= 0.6 is 11.6 Å². The average molecular weight is 597 g/mol. The second-order valence-corrected chi connectivity index (χ2v) is 12.7. The SMILES string of the molecule is CC(C)C(NC(=O)NC(C)(C)OC(=O)OCOC(=O)C(C)(C)N)C(=O)N1CC(=O)C(c2ccc(Cl)cc2)C(C)(C)C1. The lowest BCUT2D eigenvalue weighted by molar-refractivity contribution is -0.159. The maximum absolute atomic E-state index is 13.5. The van der Waals surface area contributed by atoms with Crippen molar-refractivity contribution in [2.75, 3.05) is 19.9 Å². The van der Waals surface area contributed by atoms with Crippen molar-refractivity contribution in [3.8, 4) is 0 Å². The molecule has 2 rings (SSSR count). The molecule has 0 aromatic heterocycles. The topological polar surface area (TPSA) is 166 Å². The summed E-state index contributed by atoms with van der Waals surface area (Å²) in [6, 6.07) is 5.36. The fourth-order valence-corrected chi connectivity index (χ4v) is 4.67. The van der Waals surface area contributed by atoms with E-state index in [0.717, 1.165) is 5.56 Å². The first-order valence-electron chi connectivity index (χ1n) is 13.2. The highest BCUT2D eigenvalue weighted by Gasteiger charge is 2.45. The highest BCUT2D eigenvalue weighted by Crippen LogP contribution is 2.40. The van der Waals surface area contributed by atoms with Crippen LogP contribution in [0, 0.1) is 11.3 Å². The van der Waals surface area contributed by atoms with Crippen molar-refractivity contribution >= 4 is 41.4 Å². The van der Waals surface area contributed by atoms with Gasteiger partial charge in [-0.2, -0.15) is 0 Å². The Bertz CT molecular complexity index is 1140. The number of amides is 3. The number of urea groups is 1. The van der Waals surface area contributed by atoms with E-state index >= 15 is 0 Å². The van der Waals surface area contributed by atoms with Gasteiger partial charge in [-0.15, -0.1) is 0 Å². The normalized spacial score (nSPS) is 17.9. The molecule has 0 radical (unpaired) electrons. The van der Waals surface area contributed by atoms with Crippen LogP contribution in [-0.4, -0.2) is 71.9 Å². The maximum atomic E-state index is 13.5. The summed E-state index contributed by atoms with van der Waals surface area (Å²) in [6.07, 6.45) is -1.21. The van der Waals surface area contributed by atoms with E-state index in [4.69, 9.17) is 31.5 Å². The van der Waals surface area contributed by atoms with Gasteiger partial charge < -0.3 is 35.5 Å². The molecule has 1 fully saturated rings. The standard InChI is InChI=1S/C28H41ClN4O8/c1-16(2)21(31-24(37)32-28(7,8)41-25(38)40-15-39-23(36)27(5,6)30)22(35)33-13-19(34)20(26(3,4)14-33)17-9-11-18(29)12-10-17/h9-12,16,20-21H,13-15,30H2,1-8H3,(H2,31,32,37). The average Bonchev–Trinajstić information content (AvgIpc) is 2.80. The van der Waals surface area contributed by atoms with Crippen LogP contribution in [0.25, 0.3) is 0 Å². The van der Waals surface area contributed by atoms with Crippen LogP contribution in [-0.2, 0) is 28.6 Å². The maximum Gasteiger partial charge on any atom is 0.513 e. The van der Waals surface area contributed by atoms with Gasteiger partial charge in [-0.1, -0.05) is 51.4 Å². The number of ether oxygens (including phenoxy) is 3. The van der Waals surface area contributed by atoms with Crippen molar-refractivity contribution < 1.29 is 38.2 Å². The first-order chi connectivity index (χ1) is 18.7. The Morgan fingerprint density at radius 2 is 1.68 bits per heavy atom. The molecule has 1 aliphatic rings. The zero-order valence-corrected chi connectivity index (χ0v) is 25.6. The van der Waals surface area contributed by atoms with E-state index in [-0.39, 0.29) is 18.2 Å². The Hall–Kier alpha value is -3.38. The number of esters is 1. The lowest BCUT2D eigenvalue weighted by Gasteiger charge is -2.44. The third-order valence-electron chi connectivity index (χ3n) is 6.43. The third kappa shape index (κ3) is 9.60. The number of carbonyl (C=O) groups is 5. The molecule has 2 unspecified atom stereocenters. The Morgan fingerprint density at radius 3 is 2.20 bits per heavy atom. The summed E-state index contributed by atoms with van der Waals surface area (Å²) in [5, 5.41) is 5.66. The quantitative estimate of drug-likeness (QED) is 0.286. The zero-order valence-electron chi connectivity index (χ0n) is 24.8. The highest BCUT2D eigenvalue weighted by molar-refractivity contribution is 6.30. The number of benzene rings is 1. The minimum absolute atomic E-state index is 0.103. The number of Topliss-reactive ketones (excluding diaryl/α,β-unsaturated/α-hetero) is 1. The summed E-state index contributed by atoms with van der Waals surface area (Å²) < 4.78 is 14.5. The molecule has 1 saturated heterocycles. The van der Waals surface area contributed by atoms with Crippen LogP contribution in [0.2, 0.25) is 5.02 Å². The van der Waals surface area contributed by atoms with Gasteiger partial charge in [0.1, 0.15) is 11.6 Å². The van der Waals surface area contributed by atoms with E-state index in [1.807, 2.05) is 26.0 Å². The predicted octanol–water partition coefficient (Wildman–Crippen LogP) is 3.31. The van der Waals surface area contributed by atoms with Crippen molar-refractivity contribution in [2.45, 2.75) is 78.6 Å². The van der Waals surface area contributed by atoms with Crippen LogP contribution < -0.4 is 16.4 Å². The molecule has 0 aliphatic carbocycles. The molecule has 41 heavy (non-hydrogen) atoms. The van der Waals surface area contributed by atoms with E-state index in [9.17, 15) is 24.0 Å². The lowest BCUT2D eigenvalue weighted by atomic mass is 9.69. The van der Waals surface area contributed by atoms with Gasteiger partial charge in [-0.25, -0.2) is 14.4 Å². The number of nitrogens with two attached hydrogens (primary N) is 1. The molecule has 4 N–H and O–H groups in total. The molecule has 0 bridgehead atoms. The number of carbonyl (C=O) groups excluding carboxylic acids is 5. The van der Waals surface area contributed by atoms with Crippen molar-refractivity contribution in [2.24, 2.45) is 17.1 Å². The van der Waals surface area contributed by atoms with Gasteiger partial charge in [0.25, 0.3) is 0 Å². The summed E-state index contributed by atoms with van der Waals surface area (Å²) in [6.45, 7) is 12.5. The first-order valence-corrected chi connectivity index (χ1v) is 13.6. The summed E-state index contributed by atoms with van der Waals surface area (Å²) >= 11 is 6.01. The van der Waals surface area contributed by atoms with E-state index < -0.39 is 59.5 Å². The predicted molar refractivity (Wildman–Crippen MR) is 151 cm³/mol. The Labute approximate surface area is 245 Å². The summed E-state index contributed by atoms with van der Waals surface area (Å²) in [5.74, 6) is -2.05. The minimum atomic E-state index is -1.56. The Kier molecular flexibility index (Phi) is 10.8. The molecule has 1 aromatic carbocycles. The van der Waals surface area contributed by atoms with E-state index in [1.54, 1.807) is 26.0 Å². The van der Waals surface area contributed by atoms with Crippen LogP contribution in [0.5, 0.6) is 0 Å². The number of nitrogens with zero attached hydrogens (tertiary/aromatic N) is 1. The molecular weight excluding hydrogens is 556 g/mol. The smallest absolute Gasteiger partial charge is 0.426 e. The summed E-state index contributed by atoms with van der Waals surface area (Å²) in [5.41, 5.74) is 3.01. The molecule has 1 heterocycles. The first kappa shape index (κ1) is 33.8. The van der Waals surface area contributed by atoms with Gasteiger partial charge >= 0.3 is 18.2 Å². The van der Waals surface area contributed by atoms with Gasteiger partial charge in [-0.3, -0.25) is 9.59 Å². The molecule has 13 heteroatoms. The van der Waals surface area contributed by atoms with Crippen molar-refractivity contribution in [3.63, 3.8) is 0 Å². The van der Waals surface area contributed by atoms with Gasteiger partial charge in [0, 0.05) is 11.6 Å². The van der Waals surface area contributed by atoms with Crippen LogP contribution in [0.3, 0.4) is 0 Å². The van der Waals surface area contributed by atoms with Crippen LogP contribution in [0.1, 0.15) is 66.9 Å². The highest BCUT2D eigenvalue weighted by atomic mass is 35.5. The fourth-order valence-electron chi connectivity index (χ4n) is 4.54. The monoisotopic (exact) mass is 596 g/mol. The molecule has 228 valence electrons. The van der Waals surface area contributed by atoms with Crippen molar-refractivity contribution in [3.05, 3.63) is 34.9 Å². The van der Waals surface area contributed by atoms with Gasteiger partial charge in [-0.05, 0) is 56.7 Å². The third-order valence-corrected chi connectivity index (χ3v) is 6.68. The van der Waals surface area contributed by atoms with Gasteiger partial charge in [0.05, 0.1) is 12.5 Å². The van der Waals surface area contributed by atoms with E-state index in [1.165, 1.54) is 32.6 Å². The number of hydrogen-bond acceptors (Lipinski definition) is 9. The number of ketones is 1. The van der Waals surface area contributed by atoms with Crippen molar-refractivity contribution in [1.29, 1.82) is 0 Å². The van der Waals surface area contributed by atoms with Gasteiger partial charge in [0.15, 0.2) is 11.5 Å². The largest absolute Gasteiger partial charge is 0.513 e. The minimum Gasteiger partial charge on any atom is -0.426 e. The Morgan fingerprint density at radius 1 is 1.10 bits per heavy atom. The molecule has 0 spiro atoms. The second kappa shape index (κ2) is 13.1. The molecule has 1 aromatic rings. The molecule has 2 atom stereocenters. The Balaban J connectivity index is 2.00. The van der Waals surface area contributed by atoms with Crippen LogP contribution in [0.15, 0.2) is 24.3 Å². The number of likely N-dealkylation sites (tertiary alicyclic amines) is 1. The molecule has 3 amide bonds. The number of hydrogen-bond donors (Lipinski definition) is 3. The molecule has 0 saturated carbocycles. The van der Waals surface area contributed by atoms with Crippen LogP contribution in [0.4, 0.5) is 9.59 Å². The molecule has 12 nitrogen and oxygen atoms in total. The van der Waals surface area contributed by atoms with E-state index in [2.05, 4.69) is 10.6 Å². The summed E-state index contributed by atoms with van der Waals surface area (Å²) in [4.78, 5) is 64.8. The number of halogens is 1. The summed E-state index contributed by atoms with van der Waals surface area (Å²) in [7, 11) is 0. The zero-order chi connectivity index (χ0) is 31.3. The van der Waals surface area contributed by atoms with E-state index in [0.29, 0.717) is 11.6 Å². The molecular formula is C28H41ClN4O8. The fraction of sp³-hybridized carbons (Fsp3) is 0.607. The number of piperidine rings is 1. The lowest BCUT2D eigenvalue weighted by Crippen LogP contribution is -2.60. The number of rotatable bonds is 9. The van der Waals surface area contributed by atoms with Gasteiger partial charge in [0.2, 0.25) is 12.7 Å². The number of nitrogens with one attached hydrogen (secondary N) is 2. The second-order valence-electron chi connectivity index (χ2n) is 12.2. The molecule has 1 aliphatic heterocycles.